The maximum atomic E-state index is 11.6. The number of esters is 1. The van der Waals surface area contributed by atoms with E-state index in [9.17, 15) is 4.79 Å². The van der Waals surface area contributed by atoms with Crippen molar-refractivity contribution in [3.05, 3.63) is 0 Å². The van der Waals surface area contributed by atoms with Crippen molar-refractivity contribution in [1.29, 1.82) is 0 Å². The van der Waals surface area contributed by atoms with E-state index in [2.05, 4.69) is 0 Å². The van der Waals surface area contributed by atoms with E-state index in [1.807, 2.05) is 20.8 Å². The molecule has 1 saturated carbocycles. The van der Waals surface area contributed by atoms with Gasteiger partial charge in [-0.05, 0) is 39.5 Å². The quantitative estimate of drug-likeness (QED) is 0.754. The van der Waals surface area contributed by atoms with Gasteiger partial charge in [-0.2, -0.15) is 0 Å². The first kappa shape index (κ1) is 13.5. The van der Waals surface area contributed by atoms with Gasteiger partial charge in [0.2, 0.25) is 0 Å². The highest BCUT2D eigenvalue weighted by atomic mass is 16.6. The van der Waals surface area contributed by atoms with Crippen LogP contribution >= 0.6 is 0 Å². The van der Waals surface area contributed by atoms with Crippen molar-refractivity contribution in [3.63, 3.8) is 0 Å². The molecule has 0 aromatic rings. The Hall–Kier alpha value is -0.570. The van der Waals surface area contributed by atoms with E-state index < -0.39 is 5.60 Å². The van der Waals surface area contributed by atoms with E-state index in [0.717, 1.165) is 0 Å². The number of rotatable bonds is 3. The van der Waals surface area contributed by atoms with Crippen molar-refractivity contribution < 1.29 is 9.53 Å². The van der Waals surface area contributed by atoms with Crippen LogP contribution in [-0.2, 0) is 9.53 Å². The van der Waals surface area contributed by atoms with Crippen LogP contribution in [0.2, 0.25) is 0 Å². The van der Waals surface area contributed by atoms with Gasteiger partial charge >= 0.3 is 5.97 Å². The molecule has 0 amide bonds. The van der Waals surface area contributed by atoms with Gasteiger partial charge in [0.25, 0.3) is 0 Å². The first-order valence-corrected chi connectivity index (χ1v) is 6.36. The lowest BCUT2D eigenvalue weighted by Crippen LogP contribution is -2.36. The average molecular weight is 227 g/mol. The minimum atomic E-state index is -0.399. The zero-order valence-electron chi connectivity index (χ0n) is 10.8. The Morgan fingerprint density at radius 3 is 2.38 bits per heavy atom. The topological polar surface area (TPSA) is 52.3 Å². The molecule has 94 valence electrons. The lowest BCUT2D eigenvalue weighted by Gasteiger charge is -2.28. The zero-order valence-corrected chi connectivity index (χ0v) is 10.8. The molecule has 2 N–H and O–H groups in total. The highest BCUT2D eigenvalue weighted by molar-refractivity contribution is 5.70. The van der Waals surface area contributed by atoms with Gasteiger partial charge in [0.05, 0.1) is 6.42 Å². The molecule has 1 aliphatic carbocycles. The lowest BCUT2D eigenvalue weighted by molar-refractivity contribution is -0.155. The van der Waals surface area contributed by atoms with Crippen molar-refractivity contribution in [2.24, 2.45) is 11.7 Å². The van der Waals surface area contributed by atoms with E-state index in [-0.39, 0.29) is 12.0 Å². The monoisotopic (exact) mass is 227 g/mol. The number of hydrogen-bond donors (Lipinski definition) is 1. The normalized spacial score (nSPS) is 20.5. The van der Waals surface area contributed by atoms with Crippen LogP contribution in [0.1, 0.15) is 59.3 Å². The summed E-state index contributed by atoms with van der Waals surface area (Å²) in [7, 11) is 0. The van der Waals surface area contributed by atoms with Gasteiger partial charge in [-0.3, -0.25) is 4.79 Å². The summed E-state index contributed by atoms with van der Waals surface area (Å²) in [5.74, 6) is 0.354. The molecule has 3 nitrogen and oxygen atoms in total. The first-order valence-electron chi connectivity index (χ1n) is 6.36. The van der Waals surface area contributed by atoms with Crippen LogP contribution in [0, 0.1) is 5.92 Å². The van der Waals surface area contributed by atoms with Gasteiger partial charge in [0.15, 0.2) is 0 Å². The molecule has 0 spiro atoms. The van der Waals surface area contributed by atoms with Crippen LogP contribution in [0.3, 0.4) is 0 Å². The Morgan fingerprint density at radius 1 is 1.31 bits per heavy atom. The summed E-state index contributed by atoms with van der Waals surface area (Å²) in [5, 5.41) is 0. The maximum absolute atomic E-state index is 11.6. The zero-order chi connectivity index (χ0) is 12.2. The lowest BCUT2D eigenvalue weighted by atomic mass is 9.83. The number of carbonyl (C=O) groups is 1. The fourth-order valence-corrected chi connectivity index (χ4v) is 2.30. The smallest absolute Gasteiger partial charge is 0.307 e. The summed E-state index contributed by atoms with van der Waals surface area (Å²) in [5.41, 5.74) is 5.67. The second-order valence-electron chi connectivity index (χ2n) is 5.85. The fraction of sp³-hybridized carbons (Fsp3) is 0.923. The number of hydrogen-bond acceptors (Lipinski definition) is 3. The van der Waals surface area contributed by atoms with E-state index in [4.69, 9.17) is 10.5 Å². The van der Waals surface area contributed by atoms with Gasteiger partial charge in [-0.25, -0.2) is 0 Å². The molecule has 1 aliphatic rings. The van der Waals surface area contributed by atoms with Gasteiger partial charge in [0, 0.05) is 6.04 Å². The maximum Gasteiger partial charge on any atom is 0.307 e. The predicted octanol–water partition coefficient (Wildman–Crippen LogP) is 2.63. The molecule has 1 atom stereocenters. The molecule has 16 heavy (non-hydrogen) atoms. The van der Waals surface area contributed by atoms with E-state index in [1.165, 1.54) is 32.1 Å². The Bertz CT molecular complexity index is 227. The third-order valence-corrected chi connectivity index (χ3v) is 3.08. The van der Waals surface area contributed by atoms with Crippen molar-refractivity contribution in [3.8, 4) is 0 Å². The van der Waals surface area contributed by atoms with Crippen LogP contribution in [0.15, 0.2) is 0 Å². The van der Waals surface area contributed by atoms with E-state index in [0.29, 0.717) is 12.3 Å². The fourth-order valence-electron chi connectivity index (χ4n) is 2.30. The molecule has 1 fully saturated rings. The molecule has 0 aromatic carbocycles. The molecule has 1 rings (SSSR count). The van der Waals surface area contributed by atoms with Crippen LogP contribution < -0.4 is 5.73 Å². The van der Waals surface area contributed by atoms with E-state index in [1.54, 1.807) is 0 Å². The molecular formula is C13H25NO2. The van der Waals surface area contributed by atoms with Crippen molar-refractivity contribution in [2.45, 2.75) is 70.9 Å². The summed E-state index contributed by atoms with van der Waals surface area (Å²) < 4.78 is 5.28. The molecular weight excluding hydrogens is 202 g/mol. The van der Waals surface area contributed by atoms with Crippen molar-refractivity contribution in [2.75, 3.05) is 0 Å². The summed E-state index contributed by atoms with van der Waals surface area (Å²) in [4.78, 5) is 11.6. The molecule has 0 aliphatic heterocycles. The molecule has 0 aromatic heterocycles. The highest BCUT2D eigenvalue weighted by Crippen LogP contribution is 2.27. The molecule has 0 heterocycles. The van der Waals surface area contributed by atoms with Crippen molar-refractivity contribution >= 4 is 5.97 Å². The van der Waals surface area contributed by atoms with Gasteiger partial charge in [-0.1, -0.05) is 19.3 Å². The average Bonchev–Trinajstić information content (AvgIpc) is 2.16. The van der Waals surface area contributed by atoms with Gasteiger partial charge in [-0.15, -0.1) is 0 Å². The molecule has 0 unspecified atom stereocenters. The SMILES string of the molecule is CC(C)(C)OC(=O)C[C@H](N)C1CCCCC1. The minimum Gasteiger partial charge on any atom is -0.460 e. The standard InChI is InChI=1S/C13H25NO2/c1-13(2,3)16-12(15)9-11(14)10-7-5-4-6-8-10/h10-11H,4-9,14H2,1-3H3/t11-/m0/s1. The summed E-state index contributed by atoms with van der Waals surface area (Å²) >= 11 is 0. The predicted molar refractivity (Wildman–Crippen MR) is 65.0 cm³/mol. The van der Waals surface area contributed by atoms with E-state index >= 15 is 0 Å². The second-order valence-corrected chi connectivity index (χ2v) is 5.85. The Morgan fingerprint density at radius 2 is 1.88 bits per heavy atom. The molecule has 0 radical (unpaired) electrons. The summed E-state index contributed by atoms with van der Waals surface area (Å²) in [6, 6.07) is -0.0184. The number of carbonyl (C=O) groups excluding carboxylic acids is 1. The van der Waals surface area contributed by atoms with Crippen molar-refractivity contribution in [1.82, 2.24) is 0 Å². The Labute approximate surface area is 98.7 Å². The third kappa shape index (κ3) is 4.97. The van der Waals surface area contributed by atoms with Crippen LogP contribution in [0.5, 0.6) is 0 Å². The molecule has 0 saturated heterocycles. The van der Waals surface area contributed by atoms with Gasteiger partial charge < -0.3 is 10.5 Å². The Balaban J connectivity index is 2.32. The van der Waals surface area contributed by atoms with Crippen LogP contribution in [0.4, 0.5) is 0 Å². The highest BCUT2D eigenvalue weighted by Gasteiger charge is 2.25. The second kappa shape index (κ2) is 5.67. The first-order chi connectivity index (χ1) is 7.38. The van der Waals surface area contributed by atoms with Crippen LogP contribution in [0.25, 0.3) is 0 Å². The molecule has 0 bridgehead atoms. The Kier molecular flexibility index (Phi) is 4.78. The third-order valence-electron chi connectivity index (χ3n) is 3.08. The number of ether oxygens (including phenoxy) is 1. The largest absolute Gasteiger partial charge is 0.460 e. The minimum absolute atomic E-state index is 0.0184. The number of nitrogens with two attached hydrogens (primary N) is 1. The van der Waals surface area contributed by atoms with Crippen LogP contribution in [-0.4, -0.2) is 17.6 Å². The molecule has 3 heteroatoms. The summed E-state index contributed by atoms with van der Waals surface area (Å²) in [6.45, 7) is 5.66. The summed E-state index contributed by atoms with van der Waals surface area (Å²) in [6.07, 6.45) is 6.53. The van der Waals surface area contributed by atoms with Gasteiger partial charge in [0.1, 0.15) is 5.60 Å².